The van der Waals surface area contributed by atoms with Crippen molar-refractivity contribution in [3.63, 3.8) is 0 Å². The average Bonchev–Trinajstić information content (AvgIpc) is 2.40. The largest absolute Gasteiger partial charge is 0.397 e. The third-order valence-corrected chi connectivity index (χ3v) is 3.43. The van der Waals surface area contributed by atoms with Crippen molar-refractivity contribution in [3.8, 4) is 0 Å². The van der Waals surface area contributed by atoms with Gasteiger partial charge in [0.1, 0.15) is 11.2 Å². The van der Waals surface area contributed by atoms with Crippen molar-refractivity contribution in [1.82, 2.24) is 9.88 Å². The van der Waals surface area contributed by atoms with Crippen molar-refractivity contribution >= 4 is 29.1 Å². The van der Waals surface area contributed by atoms with E-state index in [2.05, 4.69) is 4.98 Å². The number of aromatic nitrogens is 1. The molecule has 0 spiro atoms. The molecule has 1 saturated heterocycles. The van der Waals surface area contributed by atoms with Crippen LogP contribution in [0.2, 0.25) is 5.15 Å². The van der Waals surface area contributed by atoms with Gasteiger partial charge < -0.3 is 16.4 Å². The number of carbonyl (C=O) groups excluding carboxylic acids is 2. The number of nitrogens with two attached hydrogens (primary N) is 2. The predicted octanol–water partition coefficient (Wildman–Crippen LogP) is 0.797. The summed E-state index contributed by atoms with van der Waals surface area (Å²) in [6.07, 6.45) is 3.64. The highest BCUT2D eigenvalue weighted by molar-refractivity contribution is 6.29. The first kappa shape index (κ1) is 13.6. The van der Waals surface area contributed by atoms with E-state index in [-0.39, 0.29) is 22.3 Å². The summed E-state index contributed by atoms with van der Waals surface area (Å²) < 4.78 is 0. The molecule has 1 unspecified atom stereocenters. The van der Waals surface area contributed by atoms with Crippen LogP contribution in [0, 0.1) is 0 Å². The molecule has 1 atom stereocenters. The third kappa shape index (κ3) is 2.78. The molecule has 102 valence electrons. The predicted molar refractivity (Wildman–Crippen MR) is 71.5 cm³/mol. The summed E-state index contributed by atoms with van der Waals surface area (Å²) in [5.41, 5.74) is 11.6. The molecule has 4 N–H and O–H groups in total. The van der Waals surface area contributed by atoms with E-state index in [0.717, 1.165) is 12.8 Å². The summed E-state index contributed by atoms with van der Waals surface area (Å²) in [6.45, 7) is 0.492. The SMILES string of the molecule is NC(=O)C1CCCCN1C(=O)c1cc(Cl)ncc1N. The Kier molecular flexibility index (Phi) is 3.90. The molecule has 6 nitrogen and oxygen atoms in total. The Morgan fingerprint density at radius 2 is 2.16 bits per heavy atom. The summed E-state index contributed by atoms with van der Waals surface area (Å²) >= 11 is 5.77. The number of pyridine rings is 1. The topological polar surface area (TPSA) is 102 Å². The molecule has 1 aromatic heterocycles. The maximum atomic E-state index is 12.4. The minimum absolute atomic E-state index is 0.185. The third-order valence-electron chi connectivity index (χ3n) is 3.22. The molecule has 19 heavy (non-hydrogen) atoms. The zero-order valence-electron chi connectivity index (χ0n) is 10.3. The smallest absolute Gasteiger partial charge is 0.256 e. The van der Waals surface area contributed by atoms with Crippen LogP contribution in [-0.4, -0.2) is 34.3 Å². The zero-order valence-corrected chi connectivity index (χ0v) is 11.1. The highest BCUT2D eigenvalue weighted by Gasteiger charge is 2.32. The summed E-state index contributed by atoms with van der Waals surface area (Å²) in [5, 5.41) is 0.185. The molecule has 1 aliphatic heterocycles. The second-order valence-corrected chi connectivity index (χ2v) is 4.89. The van der Waals surface area contributed by atoms with Crippen LogP contribution in [0.5, 0.6) is 0 Å². The lowest BCUT2D eigenvalue weighted by Crippen LogP contribution is -2.50. The standard InChI is InChI=1S/C12H15ClN4O2/c13-10-5-7(8(14)6-16-10)12(19)17-4-2-1-3-9(17)11(15)18/h5-6,9H,1-4,14H2,(H2,15,18). The fourth-order valence-electron chi connectivity index (χ4n) is 2.25. The quantitative estimate of drug-likeness (QED) is 0.783. The lowest BCUT2D eigenvalue weighted by Gasteiger charge is -2.33. The minimum Gasteiger partial charge on any atom is -0.397 e. The maximum Gasteiger partial charge on any atom is 0.256 e. The Hall–Kier alpha value is -1.82. The molecule has 0 radical (unpaired) electrons. The summed E-state index contributed by atoms with van der Waals surface area (Å²) in [7, 11) is 0. The van der Waals surface area contributed by atoms with Gasteiger partial charge in [-0.05, 0) is 25.3 Å². The molecule has 2 rings (SSSR count). The van der Waals surface area contributed by atoms with E-state index >= 15 is 0 Å². The Morgan fingerprint density at radius 1 is 1.42 bits per heavy atom. The van der Waals surface area contributed by atoms with Crippen LogP contribution in [-0.2, 0) is 4.79 Å². The van der Waals surface area contributed by atoms with Crippen molar-refractivity contribution in [2.75, 3.05) is 12.3 Å². The van der Waals surface area contributed by atoms with Crippen LogP contribution < -0.4 is 11.5 Å². The first-order valence-electron chi connectivity index (χ1n) is 6.02. The molecule has 0 aromatic carbocycles. The molecule has 1 aliphatic rings. The molecule has 2 amide bonds. The lowest BCUT2D eigenvalue weighted by atomic mass is 10.0. The molecule has 1 aromatic rings. The number of carbonyl (C=O) groups is 2. The van der Waals surface area contributed by atoms with Gasteiger partial charge in [-0.3, -0.25) is 9.59 Å². The van der Waals surface area contributed by atoms with Gasteiger partial charge in [-0.1, -0.05) is 11.6 Å². The van der Waals surface area contributed by atoms with Crippen LogP contribution in [0.1, 0.15) is 29.6 Å². The maximum absolute atomic E-state index is 12.4. The number of hydrogen-bond donors (Lipinski definition) is 2. The lowest BCUT2D eigenvalue weighted by molar-refractivity contribution is -0.123. The van der Waals surface area contributed by atoms with Gasteiger partial charge in [-0.25, -0.2) is 4.98 Å². The second kappa shape index (κ2) is 5.44. The first-order valence-corrected chi connectivity index (χ1v) is 6.40. The van der Waals surface area contributed by atoms with Gasteiger partial charge in [-0.15, -0.1) is 0 Å². The first-order chi connectivity index (χ1) is 9.00. The fraction of sp³-hybridized carbons (Fsp3) is 0.417. The number of anilines is 1. The Labute approximate surface area is 115 Å². The molecule has 7 heteroatoms. The monoisotopic (exact) mass is 282 g/mol. The van der Waals surface area contributed by atoms with E-state index in [1.807, 2.05) is 0 Å². The average molecular weight is 283 g/mol. The number of halogens is 1. The van der Waals surface area contributed by atoms with Crippen molar-refractivity contribution in [2.45, 2.75) is 25.3 Å². The fourth-order valence-corrected chi connectivity index (χ4v) is 2.41. The van der Waals surface area contributed by atoms with Crippen molar-refractivity contribution in [3.05, 3.63) is 23.0 Å². The van der Waals surface area contributed by atoms with E-state index < -0.39 is 11.9 Å². The highest BCUT2D eigenvalue weighted by atomic mass is 35.5. The molecular weight excluding hydrogens is 268 g/mol. The van der Waals surface area contributed by atoms with Gasteiger partial charge in [0.15, 0.2) is 0 Å². The number of primary amides is 1. The molecule has 2 heterocycles. The van der Waals surface area contributed by atoms with Crippen molar-refractivity contribution < 1.29 is 9.59 Å². The van der Waals surface area contributed by atoms with Crippen LogP contribution in [0.15, 0.2) is 12.3 Å². The van der Waals surface area contributed by atoms with Crippen LogP contribution in [0.3, 0.4) is 0 Å². The number of piperidine rings is 1. The number of rotatable bonds is 2. The normalized spacial score (nSPS) is 19.2. The van der Waals surface area contributed by atoms with Gasteiger partial charge in [-0.2, -0.15) is 0 Å². The van der Waals surface area contributed by atoms with E-state index in [1.54, 1.807) is 0 Å². The van der Waals surface area contributed by atoms with Gasteiger partial charge >= 0.3 is 0 Å². The summed E-state index contributed by atoms with van der Waals surface area (Å²) in [5.74, 6) is -0.822. The van der Waals surface area contributed by atoms with E-state index in [0.29, 0.717) is 13.0 Å². The molecule has 1 fully saturated rings. The van der Waals surface area contributed by atoms with Gasteiger partial charge in [0, 0.05) is 6.54 Å². The number of likely N-dealkylation sites (tertiary alicyclic amines) is 1. The van der Waals surface area contributed by atoms with Crippen LogP contribution >= 0.6 is 11.6 Å². The minimum atomic E-state index is -0.576. The number of amides is 2. The van der Waals surface area contributed by atoms with Crippen LogP contribution in [0.4, 0.5) is 5.69 Å². The number of nitrogen functional groups attached to an aromatic ring is 1. The molecule has 0 bridgehead atoms. The van der Waals surface area contributed by atoms with E-state index in [1.165, 1.54) is 17.2 Å². The van der Waals surface area contributed by atoms with Crippen molar-refractivity contribution in [2.24, 2.45) is 5.73 Å². The summed E-state index contributed by atoms with van der Waals surface area (Å²) in [4.78, 5) is 29.1. The number of nitrogens with zero attached hydrogens (tertiary/aromatic N) is 2. The highest BCUT2D eigenvalue weighted by Crippen LogP contribution is 2.23. The van der Waals surface area contributed by atoms with E-state index in [4.69, 9.17) is 23.1 Å². The van der Waals surface area contributed by atoms with E-state index in [9.17, 15) is 9.59 Å². The van der Waals surface area contributed by atoms with Gasteiger partial charge in [0.2, 0.25) is 5.91 Å². The Balaban J connectivity index is 2.31. The van der Waals surface area contributed by atoms with Gasteiger partial charge in [0.25, 0.3) is 5.91 Å². The Morgan fingerprint density at radius 3 is 2.84 bits per heavy atom. The number of hydrogen-bond acceptors (Lipinski definition) is 4. The van der Waals surface area contributed by atoms with Gasteiger partial charge in [0.05, 0.1) is 17.4 Å². The molecule has 0 aliphatic carbocycles. The summed E-state index contributed by atoms with van der Waals surface area (Å²) in [6, 6.07) is 0.832. The Bertz CT molecular complexity index is 520. The second-order valence-electron chi connectivity index (χ2n) is 4.51. The molecular formula is C12H15ClN4O2. The van der Waals surface area contributed by atoms with Crippen LogP contribution in [0.25, 0.3) is 0 Å². The van der Waals surface area contributed by atoms with Crippen molar-refractivity contribution in [1.29, 1.82) is 0 Å². The molecule has 0 saturated carbocycles. The zero-order chi connectivity index (χ0) is 14.0.